The molecule has 1 aliphatic rings. The number of nitrogens with one attached hydrogen (secondary N) is 1. The number of nitrogens with zero attached hydrogens (tertiary/aromatic N) is 2. The highest BCUT2D eigenvalue weighted by Gasteiger charge is 2.20. The molecule has 0 radical (unpaired) electrons. The van der Waals surface area contributed by atoms with Crippen molar-refractivity contribution in [3.8, 4) is 0 Å². The van der Waals surface area contributed by atoms with Gasteiger partial charge in [-0.2, -0.15) is 0 Å². The lowest BCUT2D eigenvalue weighted by Crippen LogP contribution is -2.34. The average Bonchev–Trinajstić information content (AvgIpc) is 2.64. The van der Waals surface area contributed by atoms with E-state index in [1.165, 1.54) is 24.8 Å². The Bertz CT molecular complexity index is 664. The first-order valence-electron chi connectivity index (χ1n) is 8.99. The minimum absolute atomic E-state index is 0.0931. The largest absolute Gasteiger partial charge is 0.370 e. The van der Waals surface area contributed by atoms with E-state index in [9.17, 15) is 4.79 Å². The summed E-state index contributed by atoms with van der Waals surface area (Å²) in [6.45, 7) is 2.46. The summed E-state index contributed by atoms with van der Waals surface area (Å²) in [4.78, 5) is 18.3. The molecule has 0 atom stereocenters. The molecule has 0 saturated carbocycles. The van der Waals surface area contributed by atoms with Crippen LogP contribution in [0.5, 0.6) is 0 Å². The van der Waals surface area contributed by atoms with Crippen molar-refractivity contribution in [3.05, 3.63) is 54.2 Å². The smallest absolute Gasteiger partial charge is 0.226 e. The van der Waals surface area contributed by atoms with Crippen LogP contribution in [0.25, 0.3) is 0 Å². The van der Waals surface area contributed by atoms with Gasteiger partial charge in [0.05, 0.1) is 11.9 Å². The standard InChI is InChI=1S/C20H26N4O/c21-11-8-20(25)23-19-7-6-18(15-22-19)24-12-9-17(10-13-24)14-16-4-2-1-3-5-16/h1-7,15,17H,8-14,21H2,(H,22,23,25). The molecule has 1 amide bonds. The van der Waals surface area contributed by atoms with Crippen molar-refractivity contribution in [1.29, 1.82) is 0 Å². The average molecular weight is 338 g/mol. The SMILES string of the molecule is NCCC(=O)Nc1ccc(N2CCC(Cc3ccccc3)CC2)cn1. The molecule has 3 rings (SSSR count). The van der Waals surface area contributed by atoms with Crippen LogP contribution in [-0.4, -0.2) is 30.5 Å². The van der Waals surface area contributed by atoms with E-state index in [1.807, 2.05) is 18.3 Å². The third-order valence-corrected chi connectivity index (χ3v) is 4.73. The van der Waals surface area contributed by atoms with Crippen molar-refractivity contribution in [2.75, 3.05) is 29.9 Å². The van der Waals surface area contributed by atoms with Gasteiger partial charge in [-0.05, 0) is 42.9 Å². The topological polar surface area (TPSA) is 71.2 Å². The highest BCUT2D eigenvalue weighted by atomic mass is 16.1. The van der Waals surface area contributed by atoms with E-state index >= 15 is 0 Å². The Morgan fingerprint density at radius 3 is 2.56 bits per heavy atom. The number of carbonyl (C=O) groups is 1. The first kappa shape index (κ1) is 17.4. The fourth-order valence-electron chi connectivity index (χ4n) is 3.33. The first-order valence-corrected chi connectivity index (χ1v) is 8.99. The second-order valence-electron chi connectivity index (χ2n) is 6.61. The molecular weight excluding hydrogens is 312 g/mol. The third kappa shape index (κ3) is 5.03. The third-order valence-electron chi connectivity index (χ3n) is 4.73. The van der Waals surface area contributed by atoms with Gasteiger partial charge in [0, 0.05) is 26.1 Å². The quantitative estimate of drug-likeness (QED) is 0.850. The Kier molecular flexibility index (Phi) is 6.01. The summed E-state index contributed by atoms with van der Waals surface area (Å²) in [5.74, 6) is 1.24. The highest BCUT2D eigenvalue weighted by Crippen LogP contribution is 2.25. The van der Waals surface area contributed by atoms with Crippen LogP contribution in [0.4, 0.5) is 11.5 Å². The van der Waals surface area contributed by atoms with Crippen LogP contribution in [0.3, 0.4) is 0 Å². The number of benzene rings is 1. The van der Waals surface area contributed by atoms with Gasteiger partial charge < -0.3 is 16.0 Å². The number of hydrogen-bond acceptors (Lipinski definition) is 4. The molecule has 2 aromatic rings. The lowest BCUT2D eigenvalue weighted by atomic mass is 9.90. The number of pyridine rings is 1. The van der Waals surface area contributed by atoms with Gasteiger partial charge in [-0.25, -0.2) is 4.98 Å². The summed E-state index contributed by atoms with van der Waals surface area (Å²) < 4.78 is 0. The maximum Gasteiger partial charge on any atom is 0.226 e. The molecule has 0 spiro atoms. The molecule has 3 N–H and O–H groups in total. The number of carbonyl (C=O) groups excluding carboxylic acids is 1. The lowest BCUT2D eigenvalue weighted by molar-refractivity contribution is -0.116. The zero-order valence-electron chi connectivity index (χ0n) is 14.5. The number of rotatable bonds is 6. The number of nitrogens with two attached hydrogens (primary N) is 1. The van der Waals surface area contributed by atoms with Crippen molar-refractivity contribution in [1.82, 2.24) is 4.98 Å². The summed E-state index contributed by atoms with van der Waals surface area (Å²) in [5, 5.41) is 2.76. The molecule has 2 heterocycles. The maximum absolute atomic E-state index is 11.5. The zero-order valence-corrected chi connectivity index (χ0v) is 14.5. The van der Waals surface area contributed by atoms with E-state index in [0.717, 1.165) is 24.7 Å². The molecule has 1 saturated heterocycles. The summed E-state index contributed by atoms with van der Waals surface area (Å²) in [6, 6.07) is 14.6. The Hall–Kier alpha value is -2.40. The summed E-state index contributed by atoms with van der Waals surface area (Å²) in [7, 11) is 0. The van der Waals surface area contributed by atoms with Gasteiger partial charge in [0.1, 0.15) is 5.82 Å². The number of amides is 1. The summed E-state index contributed by atoms with van der Waals surface area (Å²) in [5.41, 5.74) is 7.93. The second kappa shape index (κ2) is 8.62. The monoisotopic (exact) mass is 338 g/mol. The van der Waals surface area contributed by atoms with E-state index in [2.05, 4.69) is 45.5 Å². The minimum atomic E-state index is -0.0931. The zero-order chi connectivity index (χ0) is 17.5. The van der Waals surface area contributed by atoms with Crippen molar-refractivity contribution in [3.63, 3.8) is 0 Å². The molecule has 0 unspecified atom stereocenters. The molecule has 1 aliphatic heterocycles. The Morgan fingerprint density at radius 2 is 1.92 bits per heavy atom. The van der Waals surface area contributed by atoms with E-state index in [0.29, 0.717) is 18.8 Å². The van der Waals surface area contributed by atoms with Crippen LogP contribution in [-0.2, 0) is 11.2 Å². The predicted octanol–water partition coefficient (Wildman–Crippen LogP) is 2.83. The van der Waals surface area contributed by atoms with E-state index in [1.54, 1.807) is 0 Å². The fraction of sp³-hybridized carbons (Fsp3) is 0.400. The van der Waals surface area contributed by atoms with E-state index in [-0.39, 0.29) is 5.91 Å². The van der Waals surface area contributed by atoms with Gasteiger partial charge in [0.15, 0.2) is 0 Å². The summed E-state index contributed by atoms with van der Waals surface area (Å²) >= 11 is 0. The van der Waals surface area contributed by atoms with Crippen LogP contribution >= 0.6 is 0 Å². The molecule has 132 valence electrons. The van der Waals surface area contributed by atoms with E-state index in [4.69, 9.17) is 5.73 Å². The normalized spacial score (nSPS) is 15.2. The lowest BCUT2D eigenvalue weighted by Gasteiger charge is -2.33. The minimum Gasteiger partial charge on any atom is -0.370 e. The van der Waals surface area contributed by atoms with Gasteiger partial charge in [-0.1, -0.05) is 30.3 Å². The number of aromatic nitrogens is 1. The van der Waals surface area contributed by atoms with Gasteiger partial charge in [-0.3, -0.25) is 4.79 Å². The molecule has 0 bridgehead atoms. The maximum atomic E-state index is 11.5. The highest BCUT2D eigenvalue weighted by molar-refractivity contribution is 5.89. The van der Waals surface area contributed by atoms with Crippen molar-refractivity contribution in [2.45, 2.75) is 25.7 Å². The summed E-state index contributed by atoms with van der Waals surface area (Å²) in [6.07, 6.45) is 5.72. The van der Waals surface area contributed by atoms with Gasteiger partial charge in [0.25, 0.3) is 0 Å². The van der Waals surface area contributed by atoms with Crippen LogP contribution in [0, 0.1) is 5.92 Å². The second-order valence-corrected chi connectivity index (χ2v) is 6.61. The van der Waals surface area contributed by atoms with Gasteiger partial charge in [-0.15, -0.1) is 0 Å². The van der Waals surface area contributed by atoms with Crippen LogP contribution in [0.15, 0.2) is 48.7 Å². The van der Waals surface area contributed by atoms with Crippen LogP contribution < -0.4 is 16.0 Å². The molecular formula is C20H26N4O. The van der Waals surface area contributed by atoms with Crippen molar-refractivity contribution < 1.29 is 4.79 Å². The predicted molar refractivity (Wildman–Crippen MR) is 102 cm³/mol. The Morgan fingerprint density at radius 1 is 1.16 bits per heavy atom. The molecule has 5 heteroatoms. The molecule has 1 fully saturated rings. The molecule has 25 heavy (non-hydrogen) atoms. The number of anilines is 2. The van der Waals surface area contributed by atoms with Crippen LogP contribution in [0.2, 0.25) is 0 Å². The fourth-order valence-corrected chi connectivity index (χ4v) is 3.33. The molecule has 5 nitrogen and oxygen atoms in total. The van der Waals surface area contributed by atoms with Crippen LogP contribution in [0.1, 0.15) is 24.8 Å². The van der Waals surface area contributed by atoms with Gasteiger partial charge in [0.2, 0.25) is 5.91 Å². The number of hydrogen-bond donors (Lipinski definition) is 2. The van der Waals surface area contributed by atoms with Gasteiger partial charge >= 0.3 is 0 Å². The van der Waals surface area contributed by atoms with Crippen molar-refractivity contribution >= 4 is 17.4 Å². The van der Waals surface area contributed by atoms with Crippen molar-refractivity contribution in [2.24, 2.45) is 11.7 Å². The molecule has 1 aromatic heterocycles. The number of piperidine rings is 1. The Balaban J connectivity index is 1.50. The van der Waals surface area contributed by atoms with E-state index < -0.39 is 0 Å². The molecule has 0 aliphatic carbocycles. The first-order chi connectivity index (χ1) is 12.2. The molecule has 1 aromatic carbocycles. The Labute approximate surface area is 149 Å².